The van der Waals surface area contributed by atoms with Crippen LogP contribution in [0.25, 0.3) is 10.4 Å². The van der Waals surface area contributed by atoms with E-state index in [4.69, 9.17) is 37.6 Å². The number of ether oxygens (including phenoxy) is 3. The fourth-order valence-electron chi connectivity index (χ4n) is 5.26. The van der Waals surface area contributed by atoms with Gasteiger partial charge in [0.05, 0.1) is 32.0 Å². The molecule has 21 heteroatoms. The van der Waals surface area contributed by atoms with Gasteiger partial charge < -0.3 is 19.1 Å². The van der Waals surface area contributed by atoms with Gasteiger partial charge in [-0.2, -0.15) is 4.31 Å². The summed E-state index contributed by atoms with van der Waals surface area (Å²) in [5.41, 5.74) is 8.70. The molecular weight excluding hydrogens is 764 g/mol. The number of esters is 2. The second kappa shape index (κ2) is 20.5. The molecule has 55 heavy (non-hydrogen) atoms. The van der Waals surface area contributed by atoms with Crippen molar-refractivity contribution in [3.05, 3.63) is 103 Å². The van der Waals surface area contributed by atoms with E-state index in [1.165, 1.54) is 68.6 Å². The summed E-state index contributed by atoms with van der Waals surface area (Å²) in [5.74, 6) is -0.407. The topological polar surface area (TPSA) is 257 Å². The summed E-state index contributed by atoms with van der Waals surface area (Å²) >= 11 is 0. The second-order valence-electron chi connectivity index (χ2n) is 12.5. The number of phosphoric acid groups is 2. The lowest BCUT2D eigenvalue weighted by molar-refractivity contribution is -0.134. The minimum absolute atomic E-state index is 0.0575. The first-order valence-corrected chi connectivity index (χ1v) is 20.3. The first kappa shape index (κ1) is 43.3. The van der Waals surface area contributed by atoms with Crippen LogP contribution in [0.5, 0.6) is 11.5 Å². The smallest absolute Gasteiger partial charge is 0.427 e. The van der Waals surface area contributed by atoms with Crippen molar-refractivity contribution in [3.8, 4) is 11.5 Å². The van der Waals surface area contributed by atoms with Crippen LogP contribution in [-0.4, -0.2) is 45.1 Å². The summed E-state index contributed by atoms with van der Waals surface area (Å²) < 4.78 is 65.3. The van der Waals surface area contributed by atoms with E-state index in [9.17, 15) is 33.2 Å². The van der Waals surface area contributed by atoms with Crippen LogP contribution in [0, 0.1) is 6.92 Å². The lowest BCUT2D eigenvalue weighted by atomic mass is 10.1. The highest BCUT2D eigenvalue weighted by Gasteiger charge is 2.42. The number of rotatable bonds is 21. The molecular formula is C34H43N5O14P2. The van der Waals surface area contributed by atoms with Gasteiger partial charge in [0.1, 0.15) is 17.7 Å². The van der Waals surface area contributed by atoms with Crippen LogP contribution < -0.4 is 20.7 Å². The third-order valence-electron chi connectivity index (χ3n) is 8.07. The molecule has 1 fully saturated rings. The molecule has 2 N–H and O–H groups in total. The van der Waals surface area contributed by atoms with Crippen LogP contribution in [0.3, 0.4) is 0 Å². The highest BCUT2D eigenvalue weighted by Crippen LogP contribution is 2.64. The summed E-state index contributed by atoms with van der Waals surface area (Å²) in [6.07, 6.45) is 4.15. The number of hydrogen-bond acceptors (Lipinski definition) is 14. The molecule has 1 aliphatic rings. The number of nitrogens with zero attached hydrogens (tertiary/aromatic N) is 4. The fourth-order valence-corrected chi connectivity index (χ4v) is 7.86. The van der Waals surface area contributed by atoms with Crippen LogP contribution in [-0.2, 0) is 54.6 Å². The van der Waals surface area contributed by atoms with E-state index in [0.29, 0.717) is 11.1 Å². The number of carbonyl (C=O) groups is 2. The average molecular weight is 808 g/mol. The Morgan fingerprint density at radius 1 is 0.964 bits per heavy atom. The van der Waals surface area contributed by atoms with Crippen LogP contribution in [0.2, 0.25) is 0 Å². The third-order valence-corrected chi connectivity index (χ3v) is 11.1. The van der Waals surface area contributed by atoms with E-state index in [1.807, 2.05) is 0 Å². The number of aromatic amines is 1. The first-order chi connectivity index (χ1) is 26.2. The fraction of sp³-hybridized carbons (Fsp3) is 0.471. The van der Waals surface area contributed by atoms with Gasteiger partial charge in [-0.05, 0) is 54.3 Å². The summed E-state index contributed by atoms with van der Waals surface area (Å²) in [5, 5.41) is 3.63. The molecule has 0 radical (unpaired) electrons. The molecule has 4 rings (SSSR count). The van der Waals surface area contributed by atoms with Crippen molar-refractivity contribution in [2.75, 3.05) is 6.61 Å². The number of benzene rings is 2. The van der Waals surface area contributed by atoms with Crippen molar-refractivity contribution in [1.29, 1.82) is 0 Å². The summed E-state index contributed by atoms with van der Waals surface area (Å²) in [6.45, 7) is 3.17. The van der Waals surface area contributed by atoms with E-state index in [-0.39, 0.29) is 35.9 Å². The Balaban J connectivity index is 1.43. The van der Waals surface area contributed by atoms with E-state index in [0.717, 1.165) is 36.7 Å². The van der Waals surface area contributed by atoms with Crippen molar-refractivity contribution in [2.45, 2.75) is 97.3 Å². The van der Waals surface area contributed by atoms with E-state index >= 15 is 0 Å². The van der Waals surface area contributed by atoms with Gasteiger partial charge in [0.25, 0.3) is 5.56 Å². The van der Waals surface area contributed by atoms with Crippen molar-refractivity contribution >= 4 is 27.6 Å². The Bertz CT molecular complexity index is 2030. The molecule has 0 bridgehead atoms. The Morgan fingerprint density at radius 2 is 1.56 bits per heavy atom. The molecule has 0 amide bonds. The molecule has 2 heterocycles. The van der Waals surface area contributed by atoms with Crippen LogP contribution in [0.1, 0.15) is 81.7 Å². The van der Waals surface area contributed by atoms with Crippen molar-refractivity contribution in [1.82, 2.24) is 9.55 Å². The molecule has 3 unspecified atom stereocenters. The van der Waals surface area contributed by atoms with E-state index in [1.54, 1.807) is 0 Å². The normalized spacial score (nSPS) is 18.8. The molecule has 0 saturated carbocycles. The van der Waals surface area contributed by atoms with Crippen LogP contribution >= 0.6 is 15.6 Å². The molecule has 0 spiro atoms. The van der Waals surface area contributed by atoms with Gasteiger partial charge in [0.2, 0.25) is 0 Å². The third kappa shape index (κ3) is 14.0. The Kier molecular flexibility index (Phi) is 16.1. The van der Waals surface area contributed by atoms with Gasteiger partial charge in [0.15, 0.2) is 0 Å². The average Bonchev–Trinajstić information content (AvgIpc) is 3.54. The van der Waals surface area contributed by atoms with E-state index in [2.05, 4.69) is 21.9 Å². The Hall–Kier alpha value is -4.41. The molecule has 1 aromatic heterocycles. The monoisotopic (exact) mass is 807 g/mol. The maximum Gasteiger partial charge on any atom is 0.484 e. The summed E-state index contributed by atoms with van der Waals surface area (Å²) in [6, 6.07) is 10.9. The Labute approximate surface area is 315 Å². The molecule has 1 saturated heterocycles. The van der Waals surface area contributed by atoms with Crippen molar-refractivity contribution in [2.24, 2.45) is 5.11 Å². The lowest BCUT2D eigenvalue weighted by Gasteiger charge is -2.22. The zero-order valence-electron chi connectivity index (χ0n) is 30.4. The number of hydrogen-bond donors (Lipinski definition) is 2. The highest BCUT2D eigenvalue weighted by atomic mass is 31.3. The second-order valence-corrected chi connectivity index (χ2v) is 15.7. The highest BCUT2D eigenvalue weighted by molar-refractivity contribution is 7.61. The van der Waals surface area contributed by atoms with Gasteiger partial charge in [-0.1, -0.05) is 62.0 Å². The lowest BCUT2D eigenvalue weighted by Crippen LogP contribution is -2.33. The molecule has 3 aromatic rings. The first-order valence-electron chi connectivity index (χ1n) is 17.4. The number of H-pyrrole nitrogens is 1. The van der Waals surface area contributed by atoms with E-state index < -0.39 is 71.1 Å². The quantitative estimate of drug-likeness (QED) is 0.0217. The maximum absolute atomic E-state index is 13.9. The summed E-state index contributed by atoms with van der Waals surface area (Å²) in [7, 11) is -10.2. The van der Waals surface area contributed by atoms with Gasteiger partial charge in [0, 0.05) is 36.4 Å². The number of aromatic nitrogens is 2. The molecule has 19 nitrogen and oxygen atoms in total. The van der Waals surface area contributed by atoms with Crippen molar-refractivity contribution in [3.63, 3.8) is 0 Å². The number of nitrogens with one attached hydrogen (secondary N) is 1. The van der Waals surface area contributed by atoms with Gasteiger partial charge >= 0.3 is 33.3 Å². The molecule has 298 valence electrons. The minimum atomic E-state index is -5.29. The molecule has 2 aromatic carbocycles. The standard InChI is InChI=1S/C34H43N5O14P2/c1-4-5-6-7-8-9-32(41)51-28-16-12-26(13-17-28)21-49-55(46,48-20-25-10-14-27(15-11-25)50-24(3)40)53-54(44,45)47-22-30-29(37-38-35)18-31(52-30)39-19-23(2)33(42)36-34(39)43/h10-17,19,29-31H,4-9,18,20-22H2,1-3H3,(H,44,45)(H,36,42,43)/t29?,30-,31-,55?/m1/s1. The number of aryl methyl sites for hydroxylation is 1. The van der Waals surface area contributed by atoms with Gasteiger partial charge in [-0.15, -0.1) is 0 Å². The van der Waals surface area contributed by atoms with Crippen LogP contribution in [0.15, 0.2) is 69.4 Å². The molecule has 1 aliphatic heterocycles. The largest absolute Gasteiger partial charge is 0.484 e. The predicted octanol–water partition coefficient (Wildman–Crippen LogP) is 6.68. The zero-order chi connectivity index (χ0) is 40.0. The molecule has 5 atom stereocenters. The number of unbranched alkanes of at least 4 members (excludes halogenated alkanes) is 4. The number of phosphoric ester groups is 2. The van der Waals surface area contributed by atoms with Crippen molar-refractivity contribution < 1.29 is 55.7 Å². The maximum atomic E-state index is 13.9. The van der Waals surface area contributed by atoms with Crippen LogP contribution in [0.4, 0.5) is 0 Å². The predicted molar refractivity (Wildman–Crippen MR) is 195 cm³/mol. The minimum Gasteiger partial charge on any atom is -0.427 e. The Morgan fingerprint density at radius 3 is 2.15 bits per heavy atom. The zero-order valence-corrected chi connectivity index (χ0v) is 32.2. The van der Waals surface area contributed by atoms with Gasteiger partial charge in [-0.3, -0.25) is 37.5 Å². The molecule has 0 aliphatic carbocycles. The number of carbonyl (C=O) groups excluding carboxylic acids is 2. The van der Waals surface area contributed by atoms with Gasteiger partial charge in [-0.25, -0.2) is 13.9 Å². The number of azide groups is 1. The summed E-state index contributed by atoms with van der Waals surface area (Å²) in [4.78, 5) is 63.3. The SMILES string of the molecule is CCCCCCCC(=O)Oc1ccc(COP(=O)(OCc2ccc(OC(C)=O)cc2)OP(=O)(O)OC[C@H]2O[C@@H](n3cc(C)c(=O)[nH]c3=O)CC2N=[N+]=[N-])cc1.